The van der Waals surface area contributed by atoms with E-state index in [9.17, 15) is 4.79 Å². The van der Waals surface area contributed by atoms with Gasteiger partial charge in [0.2, 0.25) is 5.91 Å². The first-order valence-electron chi connectivity index (χ1n) is 7.84. The van der Waals surface area contributed by atoms with E-state index in [0.717, 1.165) is 32.7 Å². The second kappa shape index (κ2) is 5.09. The molecule has 0 aliphatic heterocycles. The largest absolute Gasteiger partial charge is 0.326 e. The van der Waals surface area contributed by atoms with Crippen LogP contribution in [-0.4, -0.2) is 10.9 Å². The van der Waals surface area contributed by atoms with Crippen LogP contribution in [0.5, 0.6) is 0 Å². The molecule has 1 N–H and O–H groups in total. The van der Waals surface area contributed by atoms with Gasteiger partial charge >= 0.3 is 0 Å². The third kappa shape index (κ3) is 2.57. The van der Waals surface area contributed by atoms with E-state index in [2.05, 4.69) is 10.3 Å². The highest BCUT2D eigenvalue weighted by atomic mass is 32.1. The average molecular weight is 300 g/mol. The summed E-state index contributed by atoms with van der Waals surface area (Å²) < 4.78 is 1.14. The van der Waals surface area contributed by atoms with E-state index in [-0.39, 0.29) is 5.91 Å². The molecular weight excluding hydrogens is 280 g/mol. The molecular formula is C17H20N2OS. The number of thiazole rings is 1. The minimum absolute atomic E-state index is 0.174. The summed E-state index contributed by atoms with van der Waals surface area (Å²) in [4.78, 5) is 16.7. The maximum absolute atomic E-state index is 12.3. The molecule has 21 heavy (non-hydrogen) atoms. The highest BCUT2D eigenvalue weighted by molar-refractivity contribution is 7.18. The summed E-state index contributed by atoms with van der Waals surface area (Å²) >= 11 is 1.67. The van der Waals surface area contributed by atoms with Crippen molar-refractivity contribution in [2.45, 2.75) is 39.0 Å². The summed E-state index contributed by atoms with van der Waals surface area (Å²) in [5.74, 6) is 2.52. The molecule has 2 fully saturated rings. The van der Waals surface area contributed by atoms with Crippen molar-refractivity contribution < 1.29 is 4.79 Å². The van der Waals surface area contributed by atoms with Gasteiger partial charge < -0.3 is 5.32 Å². The van der Waals surface area contributed by atoms with E-state index in [0.29, 0.717) is 12.3 Å². The smallest absolute Gasteiger partial charge is 0.224 e. The van der Waals surface area contributed by atoms with Crippen LogP contribution in [0.15, 0.2) is 18.2 Å². The fourth-order valence-corrected chi connectivity index (χ4v) is 5.06. The lowest BCUT2D eigenvalue weighted by Crippen LogP contribution is -2.20. The predicted molar refractivity (Wildman–Crippen MR) is 86.5 cm³/mol. The Labute approximate surface area is 128 Å². The molecule has 4 heteroatoms. The number of fused-ring (bicyclic) bond motifs is 3. The van der Waals surface area contributed by atoms with Crippen molar-refractivity contribution in [3.05, 3.63) is 23.2 Å². The van der Waals surface area contributed by atoms with E-state index in [1.807, 2.05) is 25.1 Å². The van der Waals surface area contributed by atoms with Crippen molar-refractivity contribution in [1.82, 2.24) is 4.98 Å². The van der Waals surface area contributed by atoms with Crippen LogP contribution in [0.25, 0.3) is 10.2 Å². The molecule has 110 valence electrons. The quantitative estimate of drug-likeness (QED) is 0.914. The van der Waals surface area contributed by atoms with Gasteiger partial charge in [0.25, 0.3) is 0 Å². The summed E-state index contributed by atoms with van der Waals surface area (Å²) in [6.07, 6.45) is 6.06. The molecule has 2 bridgehead atoms. The number of anilines is 1. The lowest BCUT2D eigenvalue weighted by Gasteiger charge is -2.20. The number of aromatic nitrogens is 1. The van der Waals surface area contributed by atoms with Gasteiger partial charge in [-0.2, -0.15) is 0 Å². The van der Waals surface area contributed by atoms with Gasteiger partial charge in [-0.15, -0.1) is 11.3 Å². The van der Waals surface area contributed by atoms with E-state index in [1.54, 1.807) is 11.3 Å². The van der Waals surface area contributed by atoms with Crippen LogP contribution in [0.1, 0.15) is 37.1 Å². The number of hydrogen-bond acceptors (Lipinski definition) is 3. The van der Waals surface area contributed by atoms with E-state index >= 15 is 0 Å². The van der Waals surface area contributed by atoms with Crippen LogP contribution >= 0.6 is 11.3 Å². The van der Waals surface area contributed by atoms with Gasteiger partial charge in [-0.25, -0.2) is 4.98 Å². The summed E-state index contributed by atoms with van der Waals surface area (Å²) in [6, 6.07) is 5.99. The number of carbonyl (C=O) groups is 1. The number of nitrogens with zero attached hydrogens (tertiary/aromatic N) is 1. The Balaban J connectivity index is 1.43. The molecule has 0 radical (unpaired) electrons. The van der Waals surface area contributed by atoms with Crippen LogP contribution in [-0.2, 0) is 4.79 Å². The Hall–Kier alpha value is -1.42. The zero-order valence-electron chi connectivity index (χ0n) is 12.3. The molecule has 2 saturated carbocycles. The molecule has 2 aliphatic rings. The fraction of sp³-hybridized carbons (Fsp3) is 0.529. The molecule has 0 unspecified atom stereocenters. The molecule has 3 nitrogen and oxygen atoms in total. The van der Waals surface area contributed by atoms with Gasteiger partial charge in [-0.3, -0.25) is 4.79 Å². The molecule has 2 aliphatic carbocycles. The van der Waals surface area contributed by atoms with Crippen molar-refractivity contribution in [2.75, 3.05) is 5.32 Å². The first kappa shape index (κ1) is 13.3. The van der Waals surface area contributed by atoms with E-state index < -0.39 is 0 Å². The SMILES string of the molecule is Cc1nc2ccc(NC(=O)C[C@H]3C[C@@H]4CC[C@@H]3C4)cc2s1. The van der Waals surface area contributed by atoms with Gasteiger partial charge in [-0.1, -0.05) is 6.42 Å². The molecule has 1 aromatic carbocycles. The minimum atomic E-state index is 0.174. The first-order valence-corrected chi connectivity index (χ1v) is 8.66. The van der Waals surface area contributed by atoms with Crippen molar-refractivity contribution in [2.24, 2.45) is 17.8 Å². The average Bonchev–Trinajstić information content (AvgIpc) is 3.11. The Morgan fingerprint density at radius 3 is 3.05 bits per heavy atom. The summed E-state index contributed by atoms with van der Waals surface area (Å²) in [5.41, 5.74) is 1.92. The lowest BCUT2D eigenvalue weighted by atomic mass is 9.86. The maximum Gasteiger partial charge on any atom is 0.224 e. The minimum Gasteiger partial charge on any atom is -0.326 e. The van der Waals surface area contributed by atoms with Gasteiger partial charge in [0.05, 0.1) is 15.2 Å². The number of rotatable bonds is 3. The highest BCUT2D eigenvalue weighted by Crippen LogP contribution is 2.49. The van der Waals surface area contributed by atoms with Crippen molar-refractivity contribution >= 4 is 33.1 Å². The number of hydrogen-bond donors (Lipinski definition) is 1. The van der Waals surface area contributed by atoms with Crippen molar-refractivity contribution in [3.8, 4) is 0 Å². The Morgan fingerprint density at radius 1 is 1.38 bits per heavy atom. The van der Waals surface area contributed by atoms with E-state index in [1.165, 1.54) is 25.7 Å². The second-order valence-electron chi connectivity index (χ2n) is 6.60. The highest BCUT2D eigenvalue weighted by Gasteiger charge is 2.40. The van der Waals surface area contributed by atoms with E-state index in [4.69, 9.17) is 0 Å². The van der Waals surface area contributed by atoms with Crippen LogP contribution < -0.4 is 5.32 Å². The second-order valence-corrected chi connectivity index (χ2v) is 7.84. The molecule has 0 saturated heterocycles. The molecule has 4 rings (SSSR count). The Kier molecular flexibility index (Phi) is 3.21. The van der Waals surface area contributed by atoms with Crippen LogP contribution in [0.2, 0.25) is 0 Å². The molecule has 3 atom stereocenters. The topological polar surface area (TPSA) is 42.0 Å². The molecule has 0 spiro atoms. The number of aryl methyl sites for hydroxylation is 1. The maximum atomic E-state index is 12.3. The number of carbonyl (C=O) groups excluding carboxylic acids is 1. The summed E-state index contributed by atoms with van der Waals surface area (Å²) in [5, 5.41) is 4.13. The third-order valence-electron chi connectivity index (χ3n) is 5.11. The summed E-state index contributed by atoms with van der Waals surface area (Å²) in [7, 11) is 0. The van der Waals surface area contributed by atoms with Gasteiger partial charge in [0.15, 0.2) is 0 Å². The number of amides is 1. The fourth-order valence-electron chi connectivity index (χ4n) is 4.19. The number of nitrogens with one attached hydrogen (secondary N) is 1. The zero-order valence-corrected chi connectivity index (χ0v) is 13.1. The van der Waals surface area contributed by atoms with Gasteiger partial charge in [0.1, 0.15) is 0 Å². The molecule has 1 amide bonds. The molecule has 1 aromatic heterocycles. The van der Waals surface area contributed by atoms with Gasteiger partial charge in [0, 0.05) is 12.1 Å². The molecule has 1 heterocycles. The Bertz CT molecular complexity index is 693. The van der Waals surface area contributed by atoms with Crippen LogP contribution in [0.3, 0.4) is 0 Å². The predicted octanol–water partition coefficient (Wildman–Crippen LogP) is 4.37. The van der Waals surface area contributed by atoms with Crippen LogP contribution in [0.4, 0.5) is 5.69 Å². The van der Waals surface area contributed by atoms with Crippen LogP contribution in [0, 0.1) is 24.7 Å². The lowest BCUT2D eigenvalue weighted by molar-refractivity contribution is -0.117. The van der Waals surface area contributed by atoms with Crippen molar-refractivity contribution in [1.29, 1.82) is 0 Å². The molecule has 2 aromatic rings. The van der Waals surface area contributed by atoms with Gasteiger partial charge in [-0.05, 0) is 62.1 Å². The standard InChI is InChI=1S/C17H20N2OS/c1-10-18-15-5-4-14(9-16(15)21-10)19-17(20)8-13-7-11-2-3-12(13)6-11/h4-5,9,11-13H,2-3,6-8H2,1H3,(H,19,20)/t11-,12-,13-/m1/s1. The Morgan fingerprint density at radius 2 is 2.29 bits per heavy atom. The monoisotopic (exact) mass is 300 g/mol. The number of benzene rings is 1. The third-order valence-corrected chi connectivity index (χ3v) is 6.04. The zero-order chi connectivity index (χ0) is 14.4. The van der Waals surface area contributed by atoms with Crippen molar-refractivity contribution in [3.63, 3.8) is 0 Å². The first-order chi connectivity index (χ1) is 10.2. The normalized spacial score (nSPS) is 27.4. The summed E-state index contributed by atoms with van der Waals surface area (Å²) in [6.45, 7) is 2.01.